The number of carbonyl (C=O) groups excluding carboxylic acids is 1. The third-order valence-electron chi connectivity index (χ3n) is 2.72. The van der Waals surface area contributed by atoms with Crippen molar-refractivity contribution < 1.29 is 18.1 Å². The summed E-state index contributed by atoms with van der Waals surface area (Å²) in [4.78, 5) is 13.1. The SMILES string of the molecule is Cc1cc(NC(=O)N(Cc2ccccc2)CC(F)F)no1. The molecule has 0 aliphatic heterocycles. The van der Waals surface area contributed by atoms with Crippen LogP contribution in [0.4, 0.5) is 19.4 Å². The summed E-state index contributed by atoms with van der Waals surface area (Å²) in [7, 11) is 0. The number of nitrogens with zero attached hydrogens (tertiary/aromatic N) is 2. The normalized spacial score (nSPS) is 10.7. The minimum absolute atomic E-state index is 0.0911. The average molecular weight is 295 g/mol. The third-order valence-corrected chi connectivity index (χ3v) is 2.72. The van der Waals surface area contributed by atoms with E-state index < -0.39 is 19.0 Å². The summed E-state index contributed by atoms with van der Waals surface area (Å²) in [6.07, 6.45) is -2.61. The third kappa shape index (κ3) is 4.55. The van der Waals surface area contributed by atoms with Gasteiger partial charge in [-0.3, -0.25) is 5.32 Å². The molecule has 2 rings (SSSR count). The zero-order chi connectivity index (χ0) is 15.2. The summed E-state index contributed by atoms with van der Waals surface area (Å²) in [5, 5.41) is 6.04. The predicted octanol–water partition coefficient (Wildman–Crippen LogP) is 3.28. The molecule has 1 aromatic heterocycles. The molecule has 0 atom stereocenters. The number of carbonyl (C=O) groups is 1. The highest BCUT2D eigenvalue weighted by Crippen LogP contribution is 2.12. The van der Waals surface area contributed by atoms with Gasteiger partial charge in [0.2, 0.25) is 0 Å². The molecule has 1 N–H and O–H groups in total. The van der Waals surface area contributed by atoms with Crippen LogP contribution in [-0.4, -0.2) is 29.1 Å². The second kappa shape index (κ2) is 6.83. The Labute approximate surface area is 120 Å². The van der Waals surface area contributed by atoms with Crippen LogP contribution in [0.2, 0.25) is 0 Å². The lowest BCUT2D eigenvalue weighted by atomic mass is 10.2. The maximum Gasteiger partial charge on any atom is 0.323 e. The Morgan fingerprint density at radius 3 is 2.67 bits per heavy atom. The highest BCUT2D eigenvalue weighted by Gasteiger charge is 2.19. The molecular weight excluding hydrogens is 280 g/mol. The summed E-state index contributed by atoms with van der Waals surface area (Å²) in [5.41, 5.74) is 0.768. The van der Waals surface area contributed by atoms with E-state index in [0.717, 1.165) is 10.5 Å². The summed E-state index contributed by atoms with van der Waals surface area (Å²) < 4.78 is 30.1. The second-order valence-corrected chi connectivity index (χ2v) is 4.51. The molecule has 0 saturated heterocycles. The zero-order valence-electron chi connectivity index (χ0n) is 11.4. The summed E-state index contributed by atoms with van der Waals surface area (Å²) in [5.74, 6) is 0.721. The van der Waals surface area contributed by atoms with Crippen molar-refractivity contribution in [3.8, 4) is 0 Å². The van der Waals surface area contributed by atoms with E-state index in [2.05, 4.69) is 10.5 Å². The molecule has 0 saturated carbocycles. The van der Waals surface area contributed by atoms with E-state index in [1.807, 2.05) is 6.07 Å². The molecule has 0 unspecified atom stereocenters. The van der Waals surface area contributed by atoms with Crippen LogP contribution in [-0.2, 0) is 6.54 Å². The van der Waals surface area contributed by atoms with Crippen LogP contribution in [0.3, 0.4) is 0 Å². The molecule has 21 heavy (non-hydrogen) atoms. The van der Waals surface area contributed by atoms with E-state index >= 15 is 0 Å². The first-order chi connectivity index (χ1) is 10.0. The van der Waals surface area contributed by atoms with E-state index in [1.54, 1.807) is 31.2 Å². The van der Waals surface area contributed by atoms with E-state index in [4.69, 9.17) is 4.52 Å². The molecule has 0 bridgehead atoms. The first kappa shape index (κ1) is 15.0. The number of hydrogen-bond acceptors (Lipinski definition) is 3. The van der Waals surface area contributed by atoms with Gasteiger partial charge in [-0.25, -0.2) is 13.6 Å². The van der Waals surface area contributed by atoms with E-state index in [0.29, 0.717) is 5.76 Å². The Kier molecular flexibility index (Phi) is 4.86. The van der Waals surface area contributed by atoms with Gasteiger partial charge >= 0.3 is 6.03 Å². The minimum atomic E-state index is -2.61. The Hall–Kier alpha value is -2.44. The fraction of sp³-hybridized carbons (Fsp3) is 0.286. The van der Waals surface area contributed by atoms with Crippen molar-refractivity contribution >= 4 is 11.8 Å². The molecule has 1 heterocycles. The average Bonchev–Trinajstić information content (AvgIpc) is 2.84. The van der Waals surface area contributed by atoms with Crippen LogP contribution in [0.15, 0.2) is 40.9 Å². The van der Waals surface area contributed by atoms with Crippen molar-refractivity contribution in [1.82, 2.24) is 10.1 Å². The Morgan fingerprint density at radius 2 is 2.10 bits per heavy atom. The van der Waals surface area contributed by atoms with Crippen molar-refractivity contribution in [2.75, 3.05) is 11.9 Å². The molecule has 112 valence electrons. The van der Waals surface area contributed by atoms with Crippen molar-refractivity contribution in [2.24, 2.45) is 0 Å². The number of nitrogens with one attached hydrogen (secondary N) is 1. The van der Waals surface area contributed by atoms with Gasteiger partial charge < -0.3 is 9.42 Å². The molecule has 5 nitrogen and oxygen atoms in total. The Morgan fingerprint density at radius 1 is 1.38 bits per heavy atom. The molecule has 0 radical (unpaired) electrons. The van der Waals surface area contributed by atoms with E-state index in [1.165, 1.54) is 6.07 Å². The molecule has 0 fully saturated rings. The van der Waals surface area contributed by atoms with Gasteiger partial charge in [0, 0.05) is 12.6 Å². The molecular formula is C14H15F2N3O2. The minimum Gasteiger partial charge on any atom is -0.360 e. The van der Waals surface area contributed by atoms with Gasteiger partial charge in [0.05, 0.1) is 6.54 Å². The van der Waals surface area contributed by atoms with Crippen LogP contribution in [0, 0.1) is 6.92 Å². The van der Waals surface area contributed by atoms with Gasteiger partial charge in [0.25, 0.3) is 6.43 Å². The Balaban J connectivity index is 2.06. The second-order valence-electron chi connectivity index (χ2n) is 4.51. The van der Waals surface area contributed by atoms with Crippen LogP contribution in [0.1, 0.15) is 11.3 Å². The van der Waals surface area contributed by atoms with Gasteiger partial charge in [-0.15, -0.1) is 0 Å². The molecule has 2 amide bonds. The molecule has 1 aromatic carbocycles. The Bertz CT molecular complexity index is 587. The van der Waals surface area contributed by atoms with Crippen molar-refractivity contribution in [3.05, 3.63) is 47.7 Å². The van der Waals surface area contributed by atoms with Crippen molar-refractivity contribution in [2.45, 2.75) is 19.9 Å². The standard InChI is InChI=1S/C14H15F2N3O2/c1-10-7-13(18-21-10)17-14(20)19(9-12(15)16)8-11-5-3-2-4-6-11/h2-7,12H,8-9H2,1H3,(H,17,18,20). The number of aryl methyl sites for hydroxylation is 1. The van der Waals surface area contributed by atoms with Crippen LogP contribution in [0.25, 0.3) is 0 Å². The van der Waals surface area contributed by atoms with E-state index in [9.17, 15) is 13.6 Å². The van der Waals surface area contributed by atoms with Gasteiger partial charge in [0.1, 0.15) is 5.76 Å². The number of alkyl halides is 2. The number of rotatable bonds is 5. The maximum absolute atomic E-state index is 12.6. The zero-order valence-corrected chi connectivity index (χ0v) is 11.4. The summed E-state index contributed by atoms with van der Waals surface area (Å²) in [6, 6.07) is 9.80. The van der Waals surface area contributed by atoms with Crippen LogP contribution < -0.4 is 5.32 Å². The molecule has 0 aliphatic rings. The van der Waals surface area contributed by atoms with Crippen molar-refractivity contribution in [3.63, 3.8) is 0 Å². The monoisotopic (exact) mass is 295 g/mol. The lowest BCUT2D eigenvalue weighted by Crippen LogP contribution is -2.37. The smallest absolute Gasteiger partial charge is 0.323 e. The predicted molar refractivity (Wildman–Crippen MR) is 73.1 cm³/mol. The number of urea groups is 1. The number of aromatic nitrogens is 1. The van der Waals surface area contributed by atoms with Crippen LogP contribution >= 0.6 is 0 Å². The molecule has 0 aliphatic carbocycles. The van der Waals surface area contributed by atoms with Gasteiger partial charge in [-0.2, -0.15) is 0 Å². The molecule has 7 heteroatoms. The fourth-order valence-corrected chi connectivity index (χ4v) is 1.80. The van der Waals surface area contributed by atoms with Gasteiger partial charge in [0.15, 0.2) is 5.82 Å². The highest BCUT2D eigenvalue weighted by molar-refractivity contribution is 5.88. The quantitative estimate of drug-likeness (QED) is 0.921. The number of anilines is 1. The van der Waals surface area contributed by atoms with Gasteiger partial charge in [-0.1, -0.05) is 35.5 Å². The lowest BCUT2D eigenvalue weighted by molar-refractivity contribution is 0.0996. The van der Waals surface area contributed by atoms with Gasteiger partial charge in [-0.05, 0) is 12.5 Å². The molecule has 2 aromatic rings. The largest absolute Gasteiger partial charge is 0.360 e. The number of benzene rings is 1. The number of amides is 2. The summed E-state index contributed by atoms with van der Waals surface area (Å²) in [6.45, 7) is 1.11. The van der Waals surface area contributed by atoms with Crippen molar-refractivity contribution in [1.29, 1.82) is 0 Å². The first-order valence-corrected chi connectivity index (χ1v) is 6.36. The number of halogens is 2. The maximum atomic E-state index is 12.6. The van der Waals surface area contributed by atoms with E-state index in [-0.39, 0.29) is 12.4 Å². The highest BCUT2D eigenvalue weighted by atomic mass is 19.3. The molecule has 0 spiro atoms. The lowest BCUT2D eigenvalue weighted by Gasteiger charge is -2.22. The first-order valence-electron chi connectivity index (χ1n) is 6.36. The number of hydrogen-bond donors (Lipinski definition) is 1. The topological polar surface area (TPSA) is 58.4 Å². The summed E-state index contributed by atoms with van der Waals surface area (Å²) >= 11 is 0. The fourth-order valence-electron chi connectivity index (χ4n) is 1.80. The van der Waals surface area contributed by atoms with Crippen LogP contribution in [0.5, 0.6) is 0 Å².